The Morgan fingerprint density at radius 3 is 2.30 bits per heavy atom. The second-order valence-corrected chi connectivity index (χ2v) is 7.74. The van der Waals surface area contributed by atoms with Gasteiger partial charge in [0.1, 0.15) is 17.2 Å². The monoisotopic (exact) mass is 453 g/mol. The van der Waals surface area contributed by atoms with Crippen molar-refractivity contribution in [2.45, 2.75) is 27.2 Å². The van der Waals surface area contributed by atoms with E-state index in [1.165, 1.54) is 27.9 Å². The molecule has 3 rings (SSSR count). The van der Waals surface area contributed by atoms with Crippen molar-refractivity contribution in [2.75, 3.05) is 31.1 Å². The molecule has 0 aliphatic heterocycles. The fourth-order valence-corrected chi connectivity index (χ4v) is 4.25. The Hall–Kier alpha value is -2.09. The van der Waals surface area contributed by atoms with Crippen molar-refractivity contribution in [2.24, 2.45) is 0 Å². The Kier molecular flexibility index (Phi) is 8.70. The number of anilines is 1. The molecule has 0 unspecified atom stereocenters. The van der Waals surface area contributed by atoms with E-state index in [0.29, 0.717) is 18.2 Å². The van der Waals surface area contributed by atoms with Gasteiger partial charge in [-0.05, 0) is 49.3 Å². The third-order valence-corrected chi connectivity index (χ3v) is 6.08. The smallest absolute Gasteiger partial charge is 0.266 e. The van der Waals surface area contributed by atoms with Crippen molar-refractivity contribution in [3.05, 3.63) is 59.2 Å². The van der Waals surface area contributed by atoms with Crippen LogP contribution in [0.3, 0.4) is 0 Å². The fourth-order valence-electron chi connectivity index (χ4n) is 3.19. The van der Waals surface area contributed by atoms with Crippen LogP contribution in [0.15, 0.2) is 36.4 Å². The van der Waals surface area contributed by atoms with Crippen LogP contribution < -0.4 is 4.90 Å². The lowest BCUT2D eigenvalue weighted by Crippen LogP contribution is -2.39. The molecule has 1 heterocycles. The summed E-state index contributed by atoms with van der Waals surface area (Å²) >= 11 is 1.37. The molecule has 30 heavy (non-hydrogen) atoms. The predicted octanol–water partition coefficient (Wildman–Crippen LogP) is 5.55. The first-order chi connectivity index (χ1) is 14.0. The van der Waals surface area contributed by atoms with Crippen molar-refractivity contribution in [3.63, 3.8) is 0 Å². The summed E-state index contributed by atoms with van der Waals surface area (Å²) in [6, 6.07) is 9.43. The van der Waals surface area contributed by atoms with Crippen LogP contribution in [0.2, 0.25) is 0 Å². The van der Waals surface area contributed by atoms with E-state index in [1.54, 1.807) is 0 Å². The quantitative estimate of drug-likeness (QED) is 0.448. The molecule has 0 radical (unpaired) electrons. The molecule has 0 atom stereocenters. The third-order valence-electron chi connectivity index (χ3n) is 5.04. The highest BCUT2D eigenvalue weighted by Crippen LogP contribution is 2.31. The number of nitrogens with zero attached hydrogens (tertiary/aromatic N) is 3. The van der Waals surface area contributed by atoms with Crippen LogP contribution in [0, 0.1) is 11.6 Å². The Labute approximate surface area is 185 Å². The number of rotatable bonds is 8. The molecule has 0 spiro atoms. The highest BCUT2D eigenvalue weighted by Gasteiger charge is 2.27. The first kappa shape index (κ1) is 24.2. The zero-order valence-corrected chi connectivity index (χ0v) is 19.0. The molecule has 2 aromatic carbocycles. The van der Waals surface area contributed by atoms with Gasteiger partial charge in [-0.25, -0.2) is 13.8 Å². The van der Waals surface area contributed by atoms with Crippen molar-refractivity contribution >= 4 is 45.0 Å². The maximum absolute atomic E-state index is 14.3. The molecule has 3 aromatic rings. The Balaban J connectivity index is 0.00000320. The second kappa shape index (κ2) is 10.8. The van der Waals surface area contributed by atoms with Crippen LogP contribution in [0.25, 0.3) is 10.2 Å². The number of thiazole rings is 1. The van der Waals surface area contributed by atoms with E-state index in [0.717, 1.165) is 41.9 Å². The Bertz CT molecular complexity index is 987. The first-order valence-electron chi connectivity index (χ1n) is 9.86. The molecule has 0 bridgehead atoms. The van der Waals surface area contributed by atoms with E-state index in [-0.39, 0.29) is 12.4 Å². The normalized spacial score (nSPS) is 11.0. The average Bonchev–Trinajstić information content (AvgIpc) is 3.13. The lowest BCUT2D eigenvalue weighted by atomic mass is 10.1. The Morgan fingerprint density at radius 2 is 1.70 bits per heavy atom. The number of carbonyl (C=O) groups is 1. The second-order valence-electron chi connectivity index (χ2n) is 6.73. The van der Waals surface area contributed by atoms with E-state index in [1.807, 2.05) is 32.0 Å². The van der Waals surface area contributed by atoms with Crippen LogP contribution in [-0.4, -0.2) is 42.0 Å². The summed E-state index contributed by atoms with van der Waals surface area (Å²) in [4.78, 5) is 21.3. The van der Waals surface area contributed by atoms with Gasteiger partial charge in [0.05, 0.1) is 10.2 Å². The predicted molar refractivity (Wildman–Crippen MR) is 122 cm³/mol. The third kappa shape index (κ3) is 5.14. The average molecular weight is 454 g/mol. The summed E-state index contributed by atoms with van der Waals surface area (Å²) < 4.78 is 29.5. The summed E-state index contributed by atoms with van der Waals surface area (Å²) in [5.74, 6) is -2.43. The number of fused-ring (bicyclic) bond motifs is 1. The summed E-state index contributed by atoms with van der Waals surface area (Å²) in [5, 5.41) is 0.452. The number of aromatic nitrogens is 1. The SMILES string of the molecule is CCc1ccc2nc(N(CCN(CC)CC)C(=O)c3c(F)cccc3F)sc2c1.Cl. The van der Waals surface area contributed by atoms with Crippen LogP contribution in [0.4, 0.5) is 13.9 Å². The van der Waals surface area contributed by atoms with Gasteiger partial charge in [-0.1, -0.05) is 44.2 Å². The van der Waals surface area contributed by atoms with Crippen molar-refractivity contribution in [3.8, 4) is 0 Å². The minimum atomic E-state index is -0.864. The first-order valence-corrected chi connectivity index (χ1v) is 10.7. The van der Waals surface area contributed by atoms with Gasteiger partial charge in [-0.2, -0.15) is 0 Å². The Morgan fingerprint density at radius 1 is 1.03 bits per heavy atom. The maximum Gasteiger partial charge on any atom is 0.266 e. The zero-order chi connectivity index (χ0) is 21.0. The summed E-state index contributed by atoms with van der Waals surface area (Å²) in [7, 11) is 0. The van der Waals surface area contributed by atoms with Crippen LogP contribution >= 0.6 is 23.7 Å². The van der Waals surface area contributed by atoms with Crippen molar-refractivity contribution < 1.29 is 13.6 Å². The minimum Gasteiger partial charge on any atom is -0.302 e. The lowest BCUT2D eigenvalue weighted by molar-refractivity contribution is 0.0975. The van der Waals surface area contributed by atoms with E-state index >= 15 is 0 Å². The van der Waals surface area contributed by atoms with Gasteiger partial charge in [0.15, 0.2) is 5.13 Å². The number of hydrogen-bond acceptors (Lipinski definition) is 4. The van der Waals surface area contributed by atoms with E-state index in [4.69, 9.17) is 0 Å². The van der Waals surface area contributed by atoms with E-state index in [2.05, 4.69) is 16.8 Å². The summed E-state index contributed by atoms with van der Waals surface area (Å²) in [5.41, 5.74) is 1.41. The highest BCUT2D eigenvalue weighted by molar-refractivity contribution is 7.22. The van der Waals surface area contributed by atoms with Crippen molar-refractivity contribution in [1.29, 1.82) is 0 Å². The molecule has 1 amide bonds. The van der Waals surface area contributed by atoms with Crippen LogP contribution in [0.1, 0.15) is 36.7 Å². The fraction of sp³-hybridized carbons (Fsp3) is 0.364. The number of carbonyl (C=O) groups excluding carboxylic acids is 1. The van der Waals surface area contributed by atoms with Gasteiger partial charge in [-0.15, -0.1) is 12.4 Å². The number of halogens is 3. The van der Waals surface area contributed by atoms with Gasteiger partial charge in [-0.3, -0.25) is 9.69 Å². The molecule has 0 saturated heterocycles. The number of amides is 1. The molecule has 0 fully saturated rings. The van der Waals surface area contributed by atoms with Gasteiger partial charge in [0, 0.05) is 13.1 Å². The lowest BCUT2D eigenvalue weighted by Gasteiger charge is -2.25. The standard InChI is InChI=1S/C22H25F2N3OS.ClH/c1-4-15-10-11-18-19(14-15)29-22(25-18)27(13-12-26(5-2)6-3)21(28)20-16(23)8-7-9-17(20)24;/h7-11,14H,4-6,12-13H2,1-3H3;1H. The molecule has 1 aromatic heterocycles. The van der Waals surface area contributed by atoms with Gasteiger partial charge in [0.2, 0.25) is 0 Å². The summed E-state index contributed by atoms with van der Waals surface area (Å²) in [6.07, 6.45) is 0.897. The van der Waals surface area contributed by atoms with Crippen LogP contribution in [-0.2, 0) is 6.42 Å². The zero-order valence-electron chi connectivity index (χ0n) is 17.3. The molecule has 162 valence electrons. The number of aryl methyl sites for hydroxylation is 1. The highest BCUT2D eigenvalue weighted by atomic mass is 35.5. The van der Waals surface area contributed by atoms with E-state index in [9.17, 15) is 13.6 Å². The number of benzene rings is 2. The maximum atomic E-state index is 14.3. The largest absolute Gasteiger partial charge is 0.302 e. The van der Waals surface area contributed by atoms with Gasteiger partial charge in [0.25, 0.3) is 5.91 Å². The van der Waals surface area contributed by atoms with Gasteiger partial charge < -0.3 is 4.90 Å². The van der Waals surface area contributed by atoms with Gasteiger partial charge >= 0.3 is 0 Å². The molecular weight excluding hydrogens is 428 g/mol. The molecule has 0 saturated carbocycles. The van der Waals surface area contributed by atoms with Crippen molar-refractivity contribution in [1.82, 2.24) is 9.88 Å². The molecule has 0 aliphatic carbocycles. The summed E-state index contributed by atoms with van der Waals surface area (Å²) in [6.45, 7) is 8.69. The van der Waals surface area contributed by atoms with Crippen LogP contribution in [0.5, 0.6) is 0 Å². The number of likely N-dealkylation sites (N-methyl/N-ethyl adjacent to an activating group) is 1. The van der Waals surface area contributed by atoms with E-state index < -0.39 is 23.1 Å². The molecule has 0 aliphatic rings. The molecular formula is C22H26ClF2N3OS. The molecule has 8 heteroatoms. The molecule has 4 nitrogen and oxygen atoms in total. The molecule has 0 N–H and O–H groups in total. The number of hydrogen-bond donors (Lipinski definition) is 0. The minimum absolute atomic E-state index is 0. The topological polar surface area (TPSA) is 36.4 Å².